The van der Waals surface area contributed by atoms with Gasteiger partial charge in [-0.3, -0.25) is 0 Å². The summed E-state index contributed by atoms with van der Waals surface area (Å²) in [6.45, 7) is 4.59. The normalized spacial score (nSPS) is 12.2. The second-order valence-electron chi connectivity index (χ2n) is 11.8. The molecule has 0 nitrogen and oxygen atoms in total. The van der Waals surface area contributed by atoms with Gasteiger partial charge < -0.3 is 0 Å². The average Bonchev–Trinajstić information content (AvgIpc) is 3.60. The molecule has 0 aliphatic heterocycles. The lowest BCUT2D eigenvalue weighted by atomic mass is 9.96. The standard InChI is InChI=1S/C38H44S2/c1-3-5-7-9-11-13-15-29-25-27-17-19-33-31-22-24-36-34(32(31)21-23-35(33)37(27)39-29)20-18-28-26-30(40-38(28)36)16-14-12-10-8-6-4-2/h17-26H,3-16H2,1-2H3. The van der Waals surface area contributed by atoms with E-state index in [2.05, 4.69) is 74.5 Å². The van der Waals surface area contributed by atoms with Crippen LogP contribution in [0.3, 0.4) is 0 Å². The summed E-state index contributed by atoms with van der Waals surface area (Å²) in [4.78, 5) is 3.10. The molecule has 0 amide bonds. The molecular formula is C38H44S2. The van der Waals surface area contributed by atoms with Gasteiger partial charge in [0, 0.05) is 29.9 Å². The van der Waals surface area contributed by atoms with E-state index in [-0.39, 0.29) is 0 Å². The minimum absolute atomic E-state index is 1.23. The number of unbranched alkanes of at least 4 members (excludes halogenated alkanes) is 10. The van der Waals surface area contributed by atoms with Gasteiger partial charge >= 0.3 is 0 Å². The van der Waals surface area contributed by atoms with Gasteiger partial charge in [-0.1, -0.05) is 127 Å². The second kappa shape index (κ2) is 13.0. The molecule has 0 N–H and O–H groups in total. The summed E-state index contributed by atoms with van der Waals surface area (Å²) in [5.41, 5.74) is 0. The molecule has 0 saturated heterocycles. The lowest BCUT2D eigenvalue weighted by Crippen LogP contribution is -1.82. The molecule has 6 rings (SSSR count). The van der Waals surface area contributed by atoms with Crippen molar-refractivity contribution in [2.24, 2.45) is 0 Å². The molecule has 2 heteroatoms. The van der Waals surface area contributed by atoms with Crippen molar-refractivity contribution in [3.63, 3.8) is 0 Å². The van der Waals surface area contributed by atoms with Gasteiger partial charge in [0.2, 0.25) is 0 Å². The maximum Gasteiger partial charge on any atom is 0.0424 e. The third-order valence-electron chi connectivity index (χ3n) is 8.81. The Kier molecular flexibility index (Phi) is 9.05. The highest BCUT2D eigenvalue weighted by Gasteiger charge is 2.12. The van der Waals surface area contributed by atoms with E-state index in [1.54, 1.807) is 9.75 Å². The summed E-state index contributed by atoms with van der Waals surface area (Å²) in [5, 5.41) is 11.2. The van der Waals surface area contributed by atoms with Crippen LogP contribution in [0.25, 0.3) is 52.5 Å². The Morgan fingerprint density at radius 3 is 1.20 bits per heavy atom. The Balaban J connectivity index is 1.26. The highest BCUT2D eigenvalue weighted by Crippen LogP contribution is 2.41. The zero-order valence-electron chi connectivity index (χ0n) is 24.5. The lowest BCUT2D eigenvalue weighted by Gasteiger charge is -2.09. The van der Waals surface area contributed by atoms with Crippen molar-refractivity contribution in [2.75, 3.05) is 0 Å². The molecule has 2 heterocycles. The Morgan fingerprint density at radius 1 is 0.400 bits per heavy atom. The summed E-state index contributed by atoms with van der Waals surface area (Å²) in [6.07, 6.45) is 18.8. The van der Waals surface area contributed by atoms with Gasteiger partial charge in [0.15, 0.2) is 0 Å². The van der Waals surface area contributed by atoms with Crippen molar-refractivity contribution in [3.05, 3.63) is 70.4 Å². The third-order valence-corrected chi connectivity index (χ3v) is 11.3. The van der Waals surface area contributed by atoms with Crippen molar-refractivity contribution in [2.45, 2.75) is 104 Å². The first-order chi connectivity index (χ1) is 19.8. The van der Waals surface area contributed by atoms with Crippen LogP contribution < -0.4 is 0 Å². The monoisotopic (exact) mass is 564 g/mol. The molecule has 0 aliphatic rings. The number of benzene rings is 4. The van der Waals surface area contributed by atoms with E-state index in [1.165, 1.54) is 142 Å². The maximum absolute atomic E-state index is 2.45. The smallest absolute Gasteiger partial charge is 0.0424 e. The Hall–Kier alpha value is -2.42. The molecule has 208 valence electrons. The van der Waals surface area contributed by atoms with Crippen LogP contribution in [-0.2, 0) is 12.8 Å². The van der Waals surface area contributed by atoms with E-state index in [4.69, 9.17) is 0 Å². The molecule has 0 bridgehead atoms. The first kappa shape index (κ1) is 27.7. The molecule has 0 radical (unpaired) electrons. The molecular weight excluding hydrogens is 521 g/mol. The largest absolute Gasteiger partial charge is 0.140 e. The van der Waals surface area contributed by atoms with E-state index < -0.39 is 0 Å². The number of aryl methyl sites for hydroxylation is 2. The van der Waals surface area contributed by atoms with Crippen LogP contribution in [0.5, 0.6) is 0 Å². The molecule has 0 unspecified atom stereocenters. The minimum Gasteiger partial charge on any atom is -0.140 e. The molecule has 0 spiro atoms. The van der Waals surface area contributed by atoms with Crippen molar-refractivity contribution in [1.82, 2.24) is 0 Å². The fraction of sp³-hybridized carbons (Fsp3) is 0.421. The molecule has 0 fully saturated rings. The fourth-order valence-corrected chi connectivity index (χ4v) is 9.00. The van der Waals surface area contributed by atoms with Gasteiger partial charge in [0.1, 0.15) is 0 Å². The second-order valence-corrected chi connectivity index (χ2v) is 14.1. The van der Waals surface area contributed by atoms with Gasteiger partial charge in [-0.25, -0.2) is 0 Å². The zero-order chi connectivity index (χ0) is 27.3. The van der Waals surface area contributed by atoms with Crippen LogP contribution in [0.4, 0.5) is 0 Å². The predicted molar refractivity (Wildman–Crippen MR) is 184 cm³/mol. The van der Waals surface area contributed by atoms with Gasteiger partial charge in [-0.2, -0.15) is 0 Å². The van der Waals surface area contributed by atoms with Crippen molar-refractivity contribution in [1.29, 1.82) is 0 Å². The van der Waals surface area contributed by atoms with Crippen molar-refractivity contribution in [3.8, 4) is 0 Å². The highest BCUT2D eigenvalue weighted by atomic mass is 32.1. The van der Waals surface area contributed by atoms with E-state index in [9.17, 15) is 0 Å². The molecule has 0 saturated carbocycles. The molecule has 4 aromatic carbocycles. The summed E-state index contributed by atoms with van der Waals surface area (Å²) < 4.78 is 2.93. The zero-order valence-corrected chi connectivity index (χ0v) is 26.1. The van der Waals surface area contributed by atoms with Crippen LogP contribution in [0, 0.1) is 0 Å². The Labute approximate surface area is 248 Å². The number of hydrogen-bond acceptors (Lipinski definition) is 2. The fourth-order valence-electron chi connectivity index (χ4n) is 6.54. The molecule has 0 aliphatic carbocycles. The number of thiophene rings is 2. The van der Waals surface area contributed by atoms with Crippen LogP contribution in [0.15, 0.2) is 60.7 Å². The maximum atomic E-state index is 2.45. The third kappa shape index (κ3) is 5.81. The van der Waals surface area contributed by atoms with Crippen molar-refractivity contribution < 1.29 is 0 Å². The predicted octanol–water partition coefficient (Wildman–Crippen LogP) is 13.4. The van der Waals surface area contributed by atoms with Crippen LogP contribution in [0.2, 0.25) is 0 Å². The van der Waals surface area contributed by atoms with Gasteiger partial charge in [0.05, 0.1) is 0 Å². The van der Waals surface area contributed by atoms with Crippen LogP contribution >= 0.6 is 22.7 Å². The van der Waals surface area contributed by atoms with Gasteiger partial charge in [-0.05, 0) is 70.1 Å². The lowest BCUT2D eigenvalue weighted by molar-refractivity contribution is 0.609. The number of fused-ring (bicyclic) bond motifs is 9. The molecule has 0 atom stereocenters. The highest BCUT2D eigenvalue weighted by molar-refractivity contribution is 7.20. The molecule has 2 aromatic heterocycles. The number of rotatable bonds is 14. The first-order valence-electron chi connectivity index (χ1n) is 16.0. The van der Waals surface area contributed by atoms with Crippen LogP contribution in [0.1, 0.15) is 101 Å². The summed E-state index contributed by atoms with van der Waals surface area (Å²) >= 11 is 4.05. The van der Waals surface area contributed by atoms with Gasteiger partial charge in [-0.15, -0.1) is 22.7 Å². The van der Waals surface area contributed by atoms with Gasteiger partial charge in [0.25, 0.3) is 0 Å². The average molecular weight is 565 g/mol. The molecule has 6 aromatic rings. The van der Waals surface area contributed by atoms with Crippen molar-refractivity contribution >= 4 is 75.2 Å². The van der Waals surface area contributed by atoms with E-state index >= 15 is 0 Å². The molecule has 40 heavy (non-hydrogen) atoms. The summed E-state index contributed by atoms with van der Waals surface area (Å²) in [5.74, 6) is 0. The quantitative estimate of drug-likeness (QED) is 0.0911. The topological polar surface area (TPSA) is 0 Å². The van der Waals surface area contributed by atoms with E-state index in [1.807, 2.05) is 22.7 Å². The Bertz CT molecular complexity index is 1600. The Morgan fingerprint density at radius 2 is 0.750 bits per heavy atom. The van der Waals surface area contributed by atoms with E-state index in [0.29, 0.717) is 0 Å². The summed E-state index contributed by atoms with van der Waals surface area (Å²) in [6, 6.07) is 23.9. The SMILES string of the molecule is CCCCCCCCc1cc2ccc3c4ccc5c(ccc6cc(CCCCCCCC)sc65)c4ccc3c2s1. The number of hydrogen-bond donors (Lipinski definition) is 0. The minimum atomic E-state index is 1.23. The first-order valence-corrected chi connectivity index (χ1v) is 17.6. The van der Waals surface area contributed by atoms with E-state index in [0.717, 1.165) is 0 Å². The summed E-state index contributed by atoms with van der Waals surface area (Å²) in [7, 11) is 0. The van der Waals surface area contributed by atoms with Crippen LogP contribution in [-0.4, -0.2) is 0 Å².